The molecule has 0 aromatic heterocycles. The van der Waals surface area contributed by atoms with Gasteiger partial charge in [-0.15, -0.1) is 0 Å². The predicted octanol–water partition coefficient (Wildman–Crippen LogP) is 5.18. The Balaban J connectivity index is 2.20. The van der Waals surface area contributed by atoms with Gasteiger partial charge in [0.05, 0.1) is 12.5 Å². The molecule has 0 amide bonds. The molecule has 0 heterocycles. The van der Waals surface area contributed by atoms with Crippen molar-refractivity contribution in [3.8, 4) is 0 Å². The monoisotopic (exact) mass is 386 g/mol. The lowest BCUT2D eigenvalue weighted by atomic mass is 9.70. The molecular formula is C24H34O4. The number of benzene rings is 1. The molecule has 28 heavy (non-hydrogen) atoms. The van der Waals surface area contributed by atoms with Gasteiger partial charge in [-0.2, -0.15) is 0 Å². The van der Waals surface area contributed by atoms with Gasteiger partial charge in [-0.25, -0.2) is 4.79 Å². The van der Waals surface area contributed by atoms with Crippen molar-refractivity contribution >= 4 is 11.9 Å². The fraction of sp³-hybridized carbons (Fsp3) is 0.583. The predicted molar refractivity (Wildman–Crippen MR) is 111 cm³/mol. The first-order valence-electron chi connectivity index (χ1n) is 10.3. The summed E-state index contributed by atoms with van der Waals surface area (Å²) >= 11 is 0. The van der Waals surface area contributed by atoms with Crippen LogP contribution in [0.3, 0.4) is 0 Å². The summed E-state index contributed by atoms with van der Waals surface area (Å²) in [7, 11) is 1.38. The number of rotatable bonds is 7. The van der Waals surface area contributed by atoms with Gasteiger partial charge in [-0.05, 0) is 70.4 Å². The normalized spacial score (nSPS) is 19.7. The van der Waals surface area contributed by atoms with Gasteiger partial charge in [0, 0.05) is 5.57 Å². The maximum atomic E-state index is 13.2. The summed E-state index contributed by atoms with van der Waals surface area (Å²) in [5, 5.41) is 0. The lowest BCUT2D eigenvalue weighted by Gasteiger charge is -2.37. The number of methoxy groups -OCH3 is 1. The number of aryl methyl sites for hydroxylation is 2. The van der Waals surface area contributed by atoms with Gasteiger partial charge in [0.15, 0.2) is 0 Å². The summed E-state index contributed by atoms with van der Waals surface area (Å²) in [6.07, 6.45) is 7.29. The lowest BCUT2D eigenvalue weighted by Crippen LogP contribution is -2.40. The third kappa shape index (κ3) is 5.95. The standard InChI is InChI=1S/C24H34O4/c1-6-8-18-10-12-19(13-11-18)14-16-24(22(26)28-23(2,3)4)15-7-9-20(17-24)21(25)27-5/h9-13H,6-8,14-17H2,1-5H3. The largest absolute Gasteiger partial charge is 0.466 e. The summed E-state index contributed by atoms with van der Waals surface area (Å²) < 4.78 is 10.7. The van der Waals surface area contributed by atoms with Gasteiger partial charge in [-0.1, -0.05) is 43.7 Å². The Hall–Kier alpha value is -2.10. The van der Waals surface area contributed by atoms with Crippen LogP contribution in [-0.4, -0.2) is 24.6 Å². The van der Waals surface area contributed by atoms with Crippen molar-refractivity contribution in [2.24, 2.45) is 5.41 Å². The Morgan fingerprint density at radius 1 is 1.07 bits per heavy atom. The average Bonchev–Trinajstić information content (AvgIpc) is 2.66. The number of hydrogen-bond donors (Lipinski definition) is 0. The Kier molecular flexibility index (Phi) is 7.45. The molecule has 0 radical (unpaired) electrons. The molecule has 1 atom stereocenters. The molecule has 1 aromatic rings. The second-order valence-corrected chi connectivity index (χ2v) is 8.79. The van der Waals surface area contributed by atoms with Crippen LogP contribution in [0.4, 0.5) is 0 Å². The van der Waals surface area contributed by atoms with Gasteiger partial charge in [0.1, 0.15) is 5.60 Å². The van der Waals surface area contributed by atoms with Crippen LogP contribution in [0.2, 0.25) is 0 Å². The average molecular weight is 387 g/mol. The number of esters is 2. The molecule has 1 aliphatic carbocycles. The van der Waals surface area contributed by atoms with Crippen molar-refractivity contribution in [3.63, 3.8) is 0 Å². The van der Waals surface area contributed by atoms with Crippen LogP contribution in [0.1, 0.15) is 70.9 Å². The molecule has 1 unspecified atom stereocenters. The highest BCUT2D eigenvalue weighted by Crippen LogP contribution is 2.42. The van der Waals surface area contributed by atoms with E-state index in [1.54, 1.807) is 0 Å². The van der Waals surface area contributed by atoms with Crippen LogP contribution in [0, 0.1) is 5.41 Å². The molecule has 1 aliphatic rings. The third-order valence-electron chi connectivity index (χ3n) is 5.28. The van der Waals surface area contributed by atoms with E-state index in [1.807, 2.05) is 26.8 Å². The summed E-state index contributed by atoms with van der Waals surface area (Å²) in [6.45, 7) is 7.81. The minimum absolute atomic E-state index is 0.211. The van der Waals surface area contributed by atoms with E-state index in [9.17, 15) is 9.59 Å². The molecule has 154 valence electrons. The molecule has 4 nitrogen and oxygen atoms in total. The smallest absolute Gasteiger partial charge is 0.333 e. The Labute approximate surface area is 169 Å². The van der Waals surface area contributed by atoms with E-state index in [-0.39, 0.29) is 11.9 Å². The van der Waals surface area contributed by atoms with E-state index >= 15 is 0 Å². The van der Waals surface area contributed by atoms with E-state index in [0.29, 0.717) is 31.3 Å². The lowest BCUT2D eigenvalue weighted by molar-refractivity contribution is -0.169. The Morgan fingerprint density at radius 3 is 2.21 bits per heavy atom. The van der Waals surface area contributed by atoms with Crippen LogP contribution < -0.4 is 0 Å². The van der Waals surface area contributed by atoms with Crippen molar-refractivity contribution in [2.45, 2.75) is 78.2 Å². The van der Waals surface area contributed by atoms with E-state index in [4.69, 9.17) is 9.47 Å². The molecule has 1 aromatic carbocycles. The fourth-order valence-corrected chi connectivity index (χ4v) is 3.76. The highest BCUT2D eigenvalue weighted by molar-refractivity contribution is 5.90. The molecule has 0 saturated carbocycles. The van der Waals surface area contributed by atoms with Gasteiger partial charge in [-0.3, -0.25) is 4.79 Å². The molecular weight excluding hydrogens is 352 g/mol. The zero-order valence-electron chi connectivity index (χ0n) is 18.0. The van der Waals surface area contributed by atoms with Crippen molar-refractivity contribution in [1.29, 1.82) is 0 Å². The fourth-order valence-electron chi connectivity index (χ4n) is 3.76. The number of hydrogen-bond acceptors (Lipinski definition) is 4. The third-order valence-corrected chi connectivity index (χ3v) is 5.28. The molecule has 0 saturated heterocycles. The molecule has 2 rings (SSSR count). The first-order valence-corrected chi connectivity index (χ1v) is 10.3. The topological polar surface area (TPSA) is 52.6 Å². The first-order chi connectivity index (χ1) is 13.2. The quantitative estimate of drug-likeness (QED) is 0.606. The van der Waals surface area contributed by atoms with Gasteiger partial charge in [0.2, 0.25) is 0 Å². The minimum Gasteiger partial charge on any atom is -0.466 e. The summed E-state index contributed by atoms with van der Waals surface area (Å²) in [6, 6.07) is 8.63. The van der Waals surface area contributed by atoms with Gasteiger partial charge >= 0.3 is 11.9 Å². The molecule has 0 fully saturated rings. The number of allylic oxidation sites excluding steroid dienone is 1. The second-order valence-electron chi connectivity index (χ2n) is 8.79. The van der Waals surface area contributed by atoms with Crippen molar-refractivity contribution in [2.75, 3.05) is 7.11 Å². The molecule has 0 aliphatic heterocycles. The second kappa shape index (κ2) is 9.40. The SMILES string of the molecule is CCCc1ccc(CCC2(C(=O)OC(C)(C)C)CCC=C(C(=O)OC)C2)cc1. The van der Waals surface area contributed by atoms with E-state index in [1.165, 1.54) is 18.2 Å². The zero-order chi connectivity index (χ0) is 20.8. The molecule has 0 bridgehead atoms. The first kappa shape index (κ1) is 22.2. The maximum Gasteiger partial charge on any atom is 0.333 e. The van der Waals surface area contributed by atoms with Crippen LogP contribution in [0.15, 0.2) is 35.9 Å². The maximum absolute atomic E-state index is 13.2. The zero-order valence-corrected chi connectivity index (χ0v) is 18.0. The Morgan fingerprint density at radius 2 is 1.68 bits per heavy atom. The summed E-state index contributed by atoms with van der Waals surface area (Å²) in [4.78, 5) is 25.2. The van der Waals surface area contributed by atoms with Crippen LogP contribution in [0.25, 0.3) is 0 Å². The van der Waals surface area contributed by atoms with E-state index in [0.717, 1.165) is 19.3 Å². The highest BCUT2D eigenvalue weighted by Gasteiger charge is 2.44. The number of carbonyl (C=O) groups excluding carboxylic acids is 2. The molecule has 0 spiro atoms. The van der Waals surface area contributed by atoms with Crippen LogP contribution >= 0.6 is 0 Å². The molecule has 0 N–H and O–H groups in total. The van der Waals surface area contributed by atoms with Crippen LogP contribution in [-0.2, 0) is 31.9 Å². The highest BCUT2D eigenvalue weighted by atomic mass is 16.6. The Bertz CT molecular complexity index is 709. The van der Waals surface area contributed by atoms with Crippen LogP contribution in [0.5, 0.6) is 0 Å². The molecule has 4 heteroatoms. The number of ether oxygens (including phenoxy) is 2. The van der Waals surface area contributed by atoms with E-state index in [2.05, 4.69) is 31.2 Å². The van der Waals surface area contributed by atoms with Crippen molar-refractivity contribution in [3.05, 3.63) is 47.0 Å². The van der Waals surface area contributed by atoms with Crippen molar-refractivity contribution in [1.82, 2.24) is 0 Å². The number of carbonyl (C=O) groups is 2. The van der Waals surface area contributed by atoms with Gasteiger partial charge in [0.25, 0.3) is 0 Å². The van der Waals surface area contributed by atoms with Gasteiger partial charge < -0.3 is 9.47 Å². The summed E-state index contributed by atoms with van der Waals surface area (Å²) in [5.74, 6) is -0.561. The summed E-state index contributed by atoms with van der Waals surface area (Å²) in [5.41, 5.74) is 1.88. The minimum atomic E-state index is -0.687. The van der Waals surface area contributed by atoms with E-state index < -0.39 is 11.0 Å². The van der Waals surface area contributed by atoms with Crippen molar-refractivity contribution < 1.29 is 19.1 Å².